The monoisotopic (exact) mass is 317 g/mol. The highest BCUT2D eigenvalue weighted by molar-refractivity contribution is 5.31. The van der Waals surface area contributed by atoms with Gasteiger partial charge in [-0.15, -0.1) is 0 Å². The fourth-order valence-corrected chi connectivity index (χ4v) is 1.71. The van der Waals surface area contributed by atoms with Gasteiger partial charge in [-0.25, -0.2) is 0 Å². The Labute approximate surface area is 135 Å². The van der Waals surface area contributed by atoms with Gasteiger partial charge in [0.05, 0.1) is 0 Å². The van der Waals surface area contributed by atoms with E-state index in [0.717, 1.165) is 11.5 Å². The Balaban J connectivity index is 1.70. The van der Waals surface area contributed by atoms with Gasteiger partial charge in [-0.2, -0.15) is 9.37 Å². The quantitative estimate of drug-likeness (QED) is 0.419. The number of benzene rings is 1. The predicted octanol–water partition coefficient (Wildman–Crippen LogP) is 4.02. The fourth-order valence-electron chi connectivity index (χ4n) is 1.71. The molecule has 2 aromatic rings. The summed E-state index contributed by atoms with van der Waals surface area (Å²) in [5, 5.41) is 0. The highest BCUT2D eigenvalue weighted by Gasteiger charge is 1.99. The van der Waals surface area contributed by atoms with Crippen LogP contribution >= 0.6 is 0 Å². The smallest absolute Gasteiger partial charge is 0.216 e. The molecule has 5 heteroatoms. The number of halogens is 1. The molecule has 0 aliphatic heterocycles. The Hall–Kier alpha value is -2.56. The number of rotatable bonds is 8. The molecule has 4 nitrogen and oxygen atoms in total. The topological polar surface area (TPSA) is 40.6 Å². The molecule has 23 heavy (non-hydrogen) atoms. The first-order valence-electron chi connectivity index (χ1n) is 7.38. The third-order valence-electron chi connectivity index (χ3n) is 2.86. The van der Waals surface area contributed by atoms with Crippen molar-refractivity contribution >= 4 is 0 Å². The van der Waals surface area contributed by atoms with Gasteiger partial charge in [0, 0.05) is 6.07 Å². The summed E-state index contributed by atoms with van der Waals surface area (Å²) < 4.78 is 29.3. The van der Waals surface area contributed by atoms with Crippen LogP contribution in [0.4, 0.5) is 4.39 Å². The van der Waals surface area contributed by atoms with Crippen LogP contribution in [-0.4, -0.2) is 24.8 Å². The molecule has 0 bridgehead atoms. The largest absolute Gasteiger partial charge is 0.490 e. The fraction of sp³-hybridized carbons (Fsp3) is 0.278. The zero-order chi connectivity index (χ0) is 16.5. The average molecular weight is 317 g/mol. The number of ether oxygens (including phenoxy) is 3. The second-order valence-corrected chi connectivity index (χ2v) is 5.06. The van der Waals surface area contributed by atoms with Gasteiger partial charge in [0.15, 0.2) is 0 Å². The van der Waals surface area contributed by atoms with Crippen molar-refractivity contribution in [1.82, 2.24) is 4.98 Å². The first-order valence-corrected chi connectivity index (χ1v) is 7.38. The van der Waals surface area contributed by atoms with Crippen molar-refractivity contribution in [1.29, 1.82) is 0 Å². The molecule has 0 aliphatic rings. The summed E-state index contributed by atoms with van der Waals surface area (Å²) in [6.07, 6.45) is 2.02. The van der Waals surface area contributed by atoms with E-state index in [-0.39, 0.29) is 12.5 Å². The third kappa shape index (κ3) is 6.38. The molecule has 0 N–H and O–H groups in total. The van der Waals surface area contributed by atoms with E-state index in [1.165, 1.54) is 11.6 Å². The Morgan fingerprint density at radius 2 is 1.61 bits per heavy atom. The first kappa shape index (κ1) is 16.8. The molecule has 122 valence electrons. The van der Waals surface area contributed by atoms with E-state index in [0.29, 0.717) is 13.2 Å². The molecule has 0 amide bonds. The van der Waals surface area contributed by atoms with E-state index in [1.807, 2.05) is 44.2 Å². The second kappa shape index (κ2) is 8.78. The number of allylic oxidation sites excluding steroid dienone is 1. The van der Waals surface area contributed by atoms with Gasteiger partial charge in [-0.3, -0.25) is 0 Å². The van der Waals surface area contributed by atoms with Crippen molar-refractivity contribution in [3.63, 3.8) is 0 Å². The van der Waals surface area contributed by atoms with Crippen LogP contribution in [0.15, 0.2) is 54.1 Å². The Morgan fingerprint density at radius 1 is 0.957 bits per heavy atom. The summed E-state index contributed by atoms with van der Waals surface area (Å²) in [7, 11) is 0. The lowest BCUT2D eigenvalue weighted by Crippen LogP contribution is -2.09. The van der Waals surface area contributed by atoms with Gasteiger partial charge in [0.1, 0.15) is 31.3 Å². The van der Waals surface area contributed by atoms with Gasteiger partial charge in [-0.1, -0.05) is 11.6 Å². The Kier molecular flexibility index (Phi) is 6.41. The molecule has 0 saturated heterocycles. The van der Waals surface area contributed by atoms with Crippen LogP contribution < -0.4 is 14.2 Å². The molecule has 0 spiro atoms. The number of pyridine rings is 1. The molecule has 2 rings (SSSR count). The van der Waals surface area contributed by atoms with Crippen LogP contribution in [0, 0.1) is 5.95 Å². The number of aromatic nitrogens is 1. The summed E-state index contributed by atoms with van der Waals surface area (Å²) in [5.74, 6) is 1.19. The number of hydrogen-bond acceptors (Lipinski definition) is 4. The minimum absolute atomic E-state index is 0.247. The minimum atomic E-state index is -0.563. The van der Waals surface area contributed by atoms with Crippen molar-refractivity contribution in [2.24, 2.45) is 0 Å². The van der Waals surface area contributed by atoms with E-state index in [4.69, 9.17) is 14.2 Å². The lowest BCUT2D eigenvalue weighted by Gasteiger charge is -2.09. The van der Waals surface area contributed by atoms with Crippen LogP contribution in [0.5, 0.6) is 17.4 Å². The third-order valence-corrected chi connectivity index (χ3v) is 2.86. The van der Waals surface area contributed by atoms with Crippen LogP contribution in [-0.2, 0) is 0 Å². The lowest BCUT2D eigenvalue weighted by molar-refractivity contribution is 0.210. The molecular formula is C18H20FNO3. The highest BCUT2D eigenvalue weighted by atomic mass is 19.1. The second-order valence-electron chi connectivity index (χ2n) is 5.06. The maximum absolute atomic E-state index is 12.9. The molecule has 0 fully saturated rings. The maximum Gasteiger partial charge on any atom is 0.216 e. The number of hydrogen-bond donors (Lipinski definition) is 0. The van der Waals surface area contributed by atoms with E-state index in [2.05, 4.69) is 4.98 Å². The van der Waals surface area contributed by atoms with Crippen molar-refractivity contribution in [3.05, 3.63) is 60.1 Å². The molecule has 0 atom stereocenters. The van der Waals surface area contributed by atoms with Crippen LogP contribution in [0.3, 0.4) is 0 Å². The van der Waals surface area contributed by atoms with Crippen molar-refractivity contribution < 1.29 is 18.6 Å². The van der Waals surface area contributed by atoms with Crippen molar-refractivity contribution in [3.8, 4) is 17.4 Å². The molecule has 0 saturated carbocycles. The SMILES string of the molecule is CC(C)=CCOc1ccc(OCCOc2cccc(F)n2)cc1. The lowest BCUT2D eigenvalue weighted by atomic mass is 10.3. The summed E-state index contributed by atoms with van der Waals surface area (Å²) >= 11 is 0. The zero-order valence-corrected chi connectivity index (χ0v) is 13.3. The van der Waals surface area contributed by atoms with Gasteiger partial charge in [0.2, 0.25) is 11.8 Å². The summed E-state index contributed by atoms with van der Waals surface area (Å²) in [6.45, 7) is 5.24. The summed E-state index contributed by atoms with van der Waals surface area (Å²) in [4.78, 5) is 3.60. The molecule has 1 aromatic heterocycles. The zero-order valence-electron chi connectivity index (χ0n) is 13.3. The van der Waals surface area contributed by atoms with Crippen molar-refractivity contribution in [2.45, 2.75) is 13.8 Å². The molecule has 0 aliphatic carbocycles. The van der Waals surface area contributed by atoms with Gasteiger partial charge in [-0.05, 0) is 50.3 Å². The molecular weight excluding hydrogens is 297 g/mol. The van der Waals surface area contributed by atoms with Gasteiger partial charge < -0.3 is 14.2 Å². The molecule has 0 radical (unpaired) electrons. The normalized spacial score (nSPS) is 10.0. The first-order chi connectivity index (χ1) is 11.1. The summed E-state index contributed by atoms with van der Waals surface area (Å²) in [5.41, 5.74) is 1.22. The van der Waals surface area contributed by atoms with E-state index in [9.17, 15) is 4.39 Å². The predicted molar refractivity (Wildman–Crippen MR) is 86.6 cm³/mol. The van der Waals surface area contributed by atoms with Gasteiger partial charge >= 0.3 is 0 Å². The Morgan fingerprint density at radius 3 is 2.26 bits per heavy atom. The minimum Gasteiger partial charge on any atom is -0.490 e. The highest BCUT2D eigenvalue weighted by Crippen LogP contribution is 2.17. The van der Waals surface area contributed by atoms with Crippen LogP contribution in [0.1, 0.15) is 13.8 Å². The standard InChI is InChI=1S/C18H20FNO3/c1-14(2)10-11-21-15-6-8-16(9-7-15)22-12-13-23-18-5-3-4-17(19)20-18/h3-10H,11-13H2,1-2H3. The number of nitrogens with zero attached hydrogens (tertiary/aromatic N) is 1. The molecule has 0 unspecified atom stereocenters. The van der Waals surface area contributed by atoms with E-state index >= 15 is 0 Å². The van der Waals surface area contributed by atoms with E-state index < -0.39 is 5.95 Å². The van der Waals surface area contributed by atoms with Crippen LogP contribution in [0.2, 0.25) is 0 Å². The van der Waals surface area contributed by atoms with Crippen molar-refractivity contribution in [2.75, 3.05) is 19.8 Å². The van der Waals surface area contributed by atoms with Gasteiger partial charge in [0.25, 0.3) is 0 Å². The molecule has 1 aromatic carbocycles. The average Bonchev–Trinajstić information content (AvgIpc) is 2.53. The van der Waals surface area contributed by atoms with Crippen LogP contribution in [0.25, 0.3) is 0 Å². The summed E-state index contributed by atoms with van der Waals surface area (Å²) in [6, 6.07) is 11.8. The maximum atomic E-state index is 12.9. The molecule has 1 heterocycles. The Bertz CT molecular complexity index is 637. The van der Waals surface area contributed by atoms with E-state index in [1.54, 1.807) is 12.1 Å².